The van der Waals surface area contributed by atoms with Crippen molar-refractivity contribution in [2.24, 2.45) is 5.92 Å². The molecule has 1 aromatic carbocycles. The van der Waals surface area contributed by atoms with E-state index in [1.165, 1.54) is 7.11 Å². The lowest BCUT2D eigenvalue weighted by Gasteiger charge is -2.23. The van der Waals surface area contributed by atoms with Gasteiger partial charge in [0, 0.05) is 18.8 Å². The molecular formula is C29H41BFNO6. The van der Waals surface area contributed by atoms with Gasteiger partial charge in [-0.05, 0) is 62.0 Å². The molecule has 7 nitrogen and oxygen atoms in total. The fourth-order valence-electron chi connectivity index (χ4n) is 3.73. The van der Waals surface area contributed by atoms with E-state index in [1.54, 1.807) is 45.3 Å². The molecule has 0 saturated heterocycles. The second-order valence-corrected chi connectivity index (χ2v) is 9.00. The van der Waals surface area contributed by atoms with Crippen LogP contribution in [0.1, 0.15) is 52.0 Å². The Labute approximate surface area is 226 Å². The second-order valence-electron chi connectivity index (χ2n) is 9.00. The van der Waals surface area contributed by atoms with Gasteiger partial charge in [-0.1, -0.05) is 49.4 Å². The van der Waals surface area contributed by atoms with Gasteiger partial charge in [0.1, 0.15) is 0 Å². The number of halogens is 1. The highest BCUT2D eigenvalue weighted by Crippen LogP contribution is 2.19. The summed E-state index contributed by atoms with van der Waals surface area (Å²) < 4.78 is 23.2. The summed E-state index contributed by atoms with van der Waals surface area (Å²) in [5, 5.41) is 22.8. The van der Waals surface area contributed by atoms with Gasteiger partial charge >= 0.3 is 7.12 Å². The number of hydrogen-bond acceptors (Lipinski definition) is 6. The third-order valence-corrected chi connectivity index (χ3v) is 6.07. The van der Waals surface area contributed by atoms with Crippen molar-refractivity contribution in [3.05, 3.63) is 82.9 Å². The molecule has 1 rings (SSSR count). The van der Waals surface area contributed by atoms with Crippen LogP contribution in [-0.2, 0) is 25.5 Å². The van der Waals surface area contributed by atoms with Crippen molar-refractivity contribution in [1.82, 2.24) is 5.32 Å². The van der Waals surface area contributed by atoms with Gasteiger partial charge in [-0.2, -0.15) is 0 Å². The number of Topliss-reactive ketones (excluding diaryl/α,β-unsaturated/α-hetero) is 1. The zero-order valence-electron chi connectivity index (χ0n) is 23.1. The zero-order valence-corrected chi connectivity index (χ0v) is 23.1. The summed E-state index contributed by atoms with van der Waals surface area (Å²) in [5.41, 5.74) is 1.94. The summed E-state index contributed by atoms with van der Waals surface area (Å²) in [7, 11) is 1.19. The minimum atomic E-state index is -1.87. The Hall–Kier alpha value is -3.17. The average molecular weight is 529 g/mol. The maximum Gasteiger partial charge on any atom is 0.475 e. The Bertz CT molecular complexity index is 998. The lowest BCUT2D eigenvalue weighted by Crippen LogP contribution is -2.49. The molecule has 0 bridgehead atoms. The molecule has 208 valence electrons. The van der Waals surface area contributed by atoms with E-state index in [0.717, 1.165) is 11.3 Å². The number of rotatable bonds is 17. The molecule has 0 aromatic heterocycles. The predicted octanol–water partition coefficient (Wildman–Crippen LogP) is 4.41. The smallest absolute Gasteiger partial charge is 0.475 e. The van der Waals surface area contributed by atoms with E-state index in [2.05, 4.69) is 5.32 Å². The molecule has 0 spiro atoms. The minimum Gasteiger partial charge on any atom is -0.501 e. The highest BCUT2D eigenvalue weighted by Gasteiger charge is 2.30. The molecule has 9 heteroatoms. The Kier molecular flexibility index (Phi) is 15.7. The van der Waals surface area contributed by atoms with E-state index in [4.69, 9.17) is 9.47 Å². The summed E-state index contributed by atoms with van der Waals surface area (Å²) in [6.07, 6.45) is 7.78. The molecule has 0 aliphatic rings. The summed E-state index contributed by atoms with van der Waals surface area (Å²) in [4.78, 5) is 26.4. The van der Waals surface area contributed by atoms with Crippen molar-refractivity contribution in [1.29, 1.82) is 0 Å². The number of ketones is 1. The second kappa shape index (κ2) is 18.1. The maximum absolute atomic E-state index is 13.4. The molecule has 0 aliphatic heterocycles. The van der Waals surface area contributed by atoms with Crippen LogP contribution in [0.4, 0.5) is 4.39 Å². The molecule has 1 amide bonds. The van der Waals surface area contributed by atoms with Crippen LogP contribution in [0.25, 0.3) is 0 Å². The Morgan fingerprint density at radius 2 is 1.76 bits per heavy atom. The third kappa shape index (κ3) is 12.4. The molecule has 1 aromatic rings. The topological polar surface area (TPSA) is 105 Å². The molecular weight excluding hydrogens is 488 g/mol. The number of carbonyl (C=O) groups is 2. The molecule has 0 aliphatic carbocycles. The number of amides is 1. The van der Waals surface area contributed by atoms with Gasteiger partial charge in [-0.15, -0.1) is 0 Å². The molecule has 3 N–H and O–H groups in total. The van der Waals surface area contributed by atoms with Crippen molar-refractivity contribution in [2.75, 3.05) is 20.9 Å². The highest BCUT2D eigenvalue weighted by molar-refractivity contribution is 6.43. The normalized spacial score (nSPS) is 14.5. The molecule has 2 atom stereocenters. The zero-order chi connectivity index (χ0) is 28.5. The van der Waals surface area contributed by atoms with Crippen molar-refractivity contribution in [3.63, 3.8) is 0 Å². The number of benzene rings is 1. The number of ether oxygens (including phenoxy) is 2. The van der Waals surface area contributed by atoms with Gasteiger partial charge in [0.15, 0.2) is 5.78 Å². The standard InChI is InChI=1S/C29H41BFNO6/c1-6-26(38-5)15-14-21(2)27(33)20-25(18-23-11-8-7-9-12-23)29(34)32-28(30(35)36)19-24(13-10-16-31)17-22(3)37-4/h7-9,11-15,17,25,28,35-36H,6,10,16,18-20H2,1-5H3,(H,32,34). The molecule has 0 saturated carbocycles. The van der Waals surface area contributed by atoms with E-state index < -0.39 is 31.6 Å². The first kappa shape index (κ1) is 32.9. The van der Waals surface area contributed by atoms with Crippen molar-refractivity contribution in [2.45, 2.75) is 58.8 Å². The van der Waals surface area contributed by atoms with E-state index >= 15 is 0 Å². The third-order valence-electron chi connectivity index (χ3n) is 6.07. The first-order valence-electron chi connectivity index (χ1n) is 12.8. The van der Waals surface area contributed by atoms with Gasteiger partial charge in [-0.3, -0.25) is 14.0 Å². The Balaban J connectivity index is 3.18. The summed E-state index contributed by atoms with van der Waals surface area (Å²) in [6.45, 7) is 4.77. The van der Waals surface area contributed by atoms with Gasteiger partial charge in [0.05, 0.1) is 38.4 Å². The van der Waals surface area contributed by atoms with Gasteiger partial charge in [0.25, 0.3) is 0 Å². The number of hydrogen-bond donors (Lipinski definition) is 3. The van der Waals surface area contributed by atoms with E-state index in [0.29, 0.717) is 29.7 Å². The van der Waals surface area contributed by atoms with Crippen molar-refractivity contribution in [3.8, 4) is 0 Å². The first-order chi connectivity index (χ1) is 18.1. The van der Waals surface area contributed by atoms with Crippen LogP contribution >= 0.6 is 0 Å². The monoisotopic (exact) mass is 529 g/mol. The maximum atomic E-state index is 13.4. The van der Waals surface area contributed by atoms with Gasteiger partial charge < -0.3 is 24.8 Å². The lowest BCUT2D eigenvalue weighted by atomic mass is 9.75. The number of methoxy groups -OCH3 is 2. The Morgan fingerprint density at radius 1 is 1.08 bits per heavy atom. The quantitative estimate of drug-likeness (QED) is 0.120. The van der Waals surface area contributed by atoms with Crippen LogP contribution in [0.15, 0.2) is 77.3 Å². The SMILES string of the molecule is CCC(=CC=C(C)C(=O)CC(Cc1ccccc1)C(=O)NC(CC(=CCCF)C=C(C)OC)B(O)O)OC. The molecule has 0 fully saturated rings. The number of carbonyl (C=O) groups excluding carboxylic acids is 2. The number of nitrogens with one attached hydrogen (secondary N) is 1. The van der Waals surface area contributed by atoms with E-state index in [1.807, 2.05) is 37.3 Å². The predicted molar refractivity (Wildman–Crippen MR) is 149 cm³/mol. The molecule has 2 unspecified atom stereocenters. The van der Waals surface area contributed by atoms with Crippen LogP contribution in [0.3, 0.4) is 0 Å². The van der Waals surface area contributed by atoms with E-state index in [9.17, 15) is 24.0 Å². The van der Waals surface area contributed by atoms with Crippen molar-refractivity contribution < 1.29 is 33.5 Å². The van der Waals surface area contributed by atoms with E-state index in [-0.39, 0.29) is 25.0 Å². The first-order valence-corrected chi connectivity index (χ1v) is 12.8. The summed E-state index contributed by atoms with van der Waals surface area (Å²) in [6, 6.07) is 9.31. The van der Waals surface area contributed by atoms with Crippen LogP contribution in [-0.4, -0.2) is 55.7 Å². The Morgan fingerprint density at radius 3 is 2.32 bits per heavy atom. The molecule has 38 heavy (non-hydrogen) atoms. The van der Waals surface area contributed by atoms with Crippen LogP contribution in [0.5, 0.6) is 0 Å². The number of alkyl halides is 1. The largest absolute Gasteiger partial charge is 0.501 e. The lowest BCUT2D eigenvalue weighted by molar-refractivity contribution is -0.128. The minimum absolute atomic E-state index is 0.0383. The van der Waals surface area contributed by atoms with Gasteiger partial charge in [-0.25, -0.2) is 0 Å². The van der Waals surface area contributed by atoms with Crippen LogP contribution < -0.4 is 5.32 Å². The highest BCUT2D eigenvalue weighted by atomic mass is 19.1. The van der Waals surface area contributed by atoms with Crippen molar-refractivity contribution >= 4 is 18.8 Å². The summed E-state index contributed by atoms with van der Waals surface area (Å²) in [5.74, 6) is -1.22. The fraction of sp³-hybridized carbons (Fsp3) is 0.448. The molecule has 0 radical (unpaired) electrons. The number of allylic oxidation sites excluding steroid dienone is 7. The molecule has 0 heterocycles. The summed E-state index contributed by atoms with van der Waals surface area (Å²) >= 11 is 0. The van der Waals surface area contributed by atoms with Gasteiger partial charge in [0.2, 0.25) is 5.91 Å². The fourth-order valence-corrected chi connectivity index (χ4v) is 3.73. The van der Waals surface area contributed by atoms with Crippen LogP contribution in [0, 0.1) is 5.92 Å². The van der Waals surface area contributed by atoms with Crippen LogP contribution in [0.2, 0.25) is 0 Å². The average Bonchev–Trinajstić information content (AvgIpc) is 2.91.